The lowest BCUT2D eigenvalue weighted by molar-refractivity contribution is -0.133. The van der Waals surface area contributed by atoms with Gasteiger partial charge >= 0.3 is 6.03 Å². The number of amides is 4. The van der Waals surface area contributed by atoms with Gasteiger partial charge in [0.1, 0.15) is 12.1 Å². The molecule has 1 atom stereocenters. The minimum Gasteiger partial charge on any atom is -0.321 e. The maximum Gasteiger partial charge on any atom is 0.325 e. The summed E-state index contributed by atoms with van der Waals surface area (Å²) in [4.78, 5) is 39.2. The minimum atomic E-state index is -1.21. The Kier molecular flexibility index (Phi) is 5.06. The van der Waals surface area contributed by atoms with Gasteiger partial charge in [-0.1, -0.05) is 48.5 Å². The van der Waals surface area contributed by atoms with Crippen LogP contribution < -0.4 is 10.6 Å². The summed E-state index contributed by atoms with van der Waals surface area (Å²) < 4.78 is 1.74. The second kappa shape index (κ2) is 7.71. The summed E-state index contributed by atoms with van der Waals surface area (Å²) in [5.41, 5.74) is 2.28. The van der Waals surface area contributed by atoms with Gasteiger partial charge in [0.25, 0.3) is 5.91 Å². The van der Waals surface area contributed by atoms with Crippen LogP contribution in [0, 0.1) is 13.8 Å². The molecule has 4 rings (SSSR count). The highest BCUT2D eigenvalue weighted by atomic mass is 16.2. The monoisotopic (exact) mass is 417 g/mol. The molecule has 1 aromatic heterocycles. The molecule has 2 N–H and O–H groups in total. The molecular weight excluding hydrogens is 394 g/mol. The third-order valence-corrected chi connectivity index (χ3v) is 5.48. The van der Waals surface area contributed by atoms with E-state index in [1.54, 1.807) is 42.8 Å². The number of carbonyl (C=O) groups is 3. The average Bonchev–Trinajstić information content (AvgIpc) is 3.17. The summed E-state index contributed by atoms with van der Waals surface area (Å²) in [5, 5.41) is 10.0. The molecule has 0 aliphatic carbocycles. The fraction of sp³-hybridized carbons (Fsp3) is 0.217. The molecule has 1 aliphatic rings. The number of hydrogen-bond acceptors (Lipinski definition) is 4. The summed E-state index contributed by atoms with van der Waals surface area (Å²) in [5.74, 6) is -0.938. The van der Waals surface area contributed by atoms with E-state index in [4.69, 9.17) is 0 Å². The van der Waals surface area contributed by atoms with Crippen LogP contribution in [0.15, 0.2) is 60.7 Å². The van der Waals surface area contributed by atoms with Gasteiger partial charge in [-0.2, -0.15) is 5.10 Å². The van der Waals surface area contributed by atoms with E-state index in [9.17, 15) is 14.4 Å². The average molecular weight is 417 g/mol. The molecule has 158 valence electrons. The van der Waals surface area contributed by atoms with Gasteiger partial charge in [-0.3, -0.25) is 14.5 Å². The molecule has 1 saturated heterocycles. The number of carbonyl (C=O) groups excluding carboxylic acids is 3. The van der Waals surface area contributed by atoms with Crippen LogP contribution in [0.2, 0.25) is 0 Å². The van der Waals surface area contributed by atoms with Gasteiger partial charge in [0.05, 0.1) is 22.8 Å². The first-order valence-electron chi connectivity index (χ1n) is 9.92. The SMILES string of the molecule is Cc1nn(-c2ccccc2)c(C)c1NC(=O)CN1C(=O)N[C@](C)(c2ccccc2)C1=O. The molecule has 1 aliphatic heterocycles. The smallest absolute Gasteiger partial charge is 0.321 e. The lowest BCUT2D eigenvalue weighted by atomic mass is 9.92. The third-order valence-electron chi connectivity index (χ3n) is 5.48. The Morgan fingerprint density at radius 1 is 1.03 bits per heavy atom. The van der Waals surface area contributed by atoms with Crippen LogP contribution in [0.25, 0.3) is 5.69 Å². The quantitative estimate of drug-likeness (QED) is 0.624. The van der Waals surface area contributed by atoms with E-state index in [0.717, 1.165) is 16.3 Å². The fourth-order valence-corrected chi connectivity index (χ4v) is 3.77. The maximum atomic E-state index is 13.0. The molecule has 0 spiro atoms. The van der Waals surface area contributed by atoms with Gasteiger partial charge in [-0.05, 0) is 38.5 Å². The Morgan fingerprint density at radius 2 is 1.65 bits per heavy atom. The number of para-hydroxylation sites is 1. The number of rotatable bonds is 5. The van der Waals surface area contributed by atoms with E-state index < -0.39 is 23.4 Å². The molecule has 8 nitrogen and oxygen atoms in total. The van der Waals surface area contributed by atoms with E-state index in [2.05, 4.69) is 15.7 Å². The van der Waals surface area contributed by atoms with Crippen molar-refractivity contribution in [2.45, 2.75) is 26.3 Å². The molecule has 0 radical (unpaired) electrons. The molecule has 3 aromatic rings. The molecule has 0 saturated carbocycles. The zero-order valence-corrected chi connectivity index (χ0v) is 17.5. The standard InChI is InChI=1S/C23H23N5O3/c1-15-20(16(2)28(26-15)18-12-8-5-9-13-18)24-19(29)14-27-21(30)23(3,25-22(27)31)17-10-6-4-7-11-17/h4-13H,14H2,1-3H3,(H,24,29)(H,25,31)/t23-/m1/s1. The Labute approximate surface area is 179 Å². The van der Waals surface area contributed by atoms with E-state index in [1.165, 1.54) is 0 Å². The maximum absolute atomic E-state index is 13.0. The van der Waals surface area contributed by atoms with Gasteiger partial charge < -0.3 is 10.6 Å². The number of aryl methyl sites for hydroxylation is 1. The van der Waals surface area contributed by atoms with Crippen LogP contribution in [0.4, 0.5) is 10.5 Å². The van der Waals surface area contributed by atoms with E-state index in [1.807, 2.05) is 43.3 Å². The van der Waals surface area contributed by atoms with Crippen LogP contribution in [-0.2, 0) is 15.1 Å². The number of benzene rings is 2. The van der Waals surface area contributed by atoms with Crippen molar-refractivity contribution in [3.63, 3.8) is 0 Å². The van der Waals surface area contributed by atoms with Gasteiger partial charge in [0, 0.05) is 0 Å². The predicted octanol–water partition coefficient (Wildman–Crippen LogP) is 2.89. The highest BCUT2D eigenvalue weighted by Crippen LogP contribution is 2.29. The van der Waals surface area contributed by atoms with Crippen molar-refractivity contribution in [2.24, 2.45) is 0 Å². The second-order valence-electron chi connectivity index (χ2n) is 7.65. The zero-order chi connectivity index (χ0) is 22.2. The zero-order valence-electron chi connectivity index (χ0n) is 17.5. The van der Waals surface area contributed by atoms with E-state index >= 15 is 0 Å². The van der Waals surface area contributed by atoms with E-state index in [-0.39, 0.29) is 6.54 Å². The lowest BCUT2D eigenvalue weighted by Gasteiger charge is -2.22. The Bertz CT molecular complexity index is 1160. The fourth-order valence-electron chi connectivity index (χ4n) is 3.77. The predicted molar refractivity (Wildman–Crippen MR) is 116 cm³/mol. The number of nitrogens with one attached hydrogen (secondary N) is 2. The van der Waals surface area contributed by atoms with Crippen LogP contribution >= 0.6 is 0 Å². The van der Waals surface area contributed by atoms with Gasteiger partial charge in [0.2, 0.25) is 5.91 Å². The van der Waals surface area contributed by atoms with Crippen molar-refractivity contribution in [2.75, 3.05) is 11.9 Å². The molecule has 2 heterocycles. The summed E-state index contributed by atoms with van der Waals surface area (Å²) >= 11 is 0. The number of nitrogens with zero attached hydrogens (tertiary/aromatic N) is 3. The van der Waals surface area contributed by atoms with Crippen molar-refractivity contribution in [3.8, 4) is 5.69 Å². The third kappa shape index (κ3) is 3.56. The van der Waals surface area contributed by atoms with Crippen molar-refractivity contribution in [1.29, 1.82) is 0 Å². The number of hydrogen-bond donors (Lipinski definition) is 2. The second-order valence-corrected chi connectivity index (χ2v) is 7.65. The summed E-state index contributed by atoms with van der Waals surface area (Å²) in [6.45, 7) is 4.90. The summed E-state index contributed by atoms with van der Waals surface area (Å²) in [6, 6.07) is 17.9. The van der Waals surface area contributed by atoms with Crippen LogP contribution in [0.5, 0.6) is 0 Å². The van der Waals surface area contributed by atoms with Crippen LogP contribution in [-0.4, -0.2) is 39.1 Å². The highest BCUT2D eigenvalue weighted by molar-refractivity contribution is 6.10. The van der Waals surface area contributed by atoms with E-state index in [0.29, 0.717) is 16.9 Å². The Balaban J connectivity index is 1.52. The van der Waals surface area contributed by atoms with Crippen LogP contribution in [0.3, 0.4) is 0 Å². The number of anilines is 1. The van der Waals surface area contributed by atoms with Gasteiger partial charge in [-0.25, -0.2) is 9.48 Å². The lowest BCUT2D eigenvalue weighted by Crippen LogP contribution is -2.42. The topological polar surface area (TPSA) is 96.3 Å². The van der Waals surface area contributed by atoms with Crippen molar-refractivity contribution in [1.82, 2.24) is 20.0 Å². The molecule has 0 unspecified atom stereocenters. The van der Waals surface area contributed by atoms with Crippen molar-refractivity contribution in [3.05, 3.63) is 77.6 Å². The first-order valence-corrected chi connectivity index (χ1v) is 9.92. The molecule has 8 heteroatoms. The molecule has 1 fully saturated rings. The van der Waals surface area contributed by atoms with Crippen molar-refractivity contribution < 1.29 is 14.4 Å². The normalized spacial score (nSPS) is 18.2. The largest absolute Gasteiger partial charge is 0.325 e. The molecule has 4 amide bonds. The van der Waals surface area contributed by atoms with Gasteiger partial charge in [-0.15, -0.1) is 0 Å². The molecular formula is C23H23N5O3. The van der Waals surface area contributed by atoms with Crippen molar-refractivity contribution >= 4 is 23.5 Å². The summed E-state index contributed by atoms with van der Waals surface area (Å²) in [6.07, 6.45) is 0. The Hall–Kier alpha value is -3.94. The Morgan fingerprint density at radius 3 is 2.29 bits per heavy atom. The summed E-state index contributed by atoms with van der Waals surface area (Å²) in [7, 11) is 0. The first kappa shape index (κ1) is 20.3. The van der Waals surface area contributed by atoms with Crippen LogP contribution in [0.1, 0.15) is 23.9 Å². The molecule has 0 bridgehead atoms. The number of imide groups is 1. The molecule has 31 heavy (non-hydrogen) atoms. The highest BCUT2D eigenvalue weighted by Gasteiger charge is 2.49. The minimum absolute atomic E-state index is 0.386. The van der Waals surface area contributed by atoms with Gasteiger partial charge in [0.15, 0.2) is 0 Å². The number of urea groups is 1. The molecule has 2 aromatic carbocycles. The first-order chi connectivity index (χ1) is 14.8. The number of aromatic nitrogens is 2.